The second-order valence-electron chi connectivity index (χ2n) is 6.78. The molecule has 0 aliphatic carbocycles. The number of esters is 1. The molecule has 0 atom stereocenters. The first-order valence-corrected chi connectivity index (χ1v) is 9.66. The van der Waals surface area contributed by atoms with Crippen LogP contribution in [0.25, 0.3) is 0 Å². The van der Waals surface area contributed by atoms with Gasteiger partial charge in [-0.3, -0.25) is 9.59 Å². The maximum absolute atomic E-state index is 13.6. The van der Waals surface area contributed by atoms with E-state index in [1.54, 1.807) is 36.4 Å². The summed E-state index contributed by atoms with van der Waals surface area (Å²) in [6.45, 7) is 1.65. The third-order valence-corrected chi connectivity index (χ3v) is 4.28. The van der Waals surface area contributed by atoms with Gasteiger partial charge in [0.25, 0.3) is 11.8 Å². The number of amides is 2. The molecule has 0 spiro atoms. The van der Waals surface area contributed by atoms with Crippen LogP contribution >= 0.6 is 0 Å². The van der Waals surface area contributed by atoms with Crippen LogP contribution in [-0.4, -0.2) is 30.5 Å². The number of aryl methyl sites for hydroxylation is 1. The van der Waals surface area contributed by atoms with E-state index >= 15 is 0 Å². The predicted molar refractivity (Wildman–Crippen MR) is 117 cm³/mol. The number of carbonyl (C=O) groups is 3. The predicted octanol–water partition coefficient (Wildman–Crippen LogP) is 3.23. The monoisotopic (exact) mass is 433 g/mol. The topological polar surface area (TPSA) is 96.9 Å². The van der Waals surface area contributed by atoms with Crippen LogP contribution in [-0.2, 0) is 4.79 Å². The van der Waals surface area contributed by atoms with Gasteiger partial charge in [0.15, 0.2) is 0 Å². The van der Waals surface area contributed by atoms with Crippen molar-refractivity contribution in [2.45, 2.75) is 6.92 Å². The molecule has 3 aromatic carbocycles. The van der Waals surface area contributed by atoms with Gasteiger partial charge in [0.2, 0.25) is 0 Å². The Morgan fingerprint density at radius 2 is 1.75 bits per heavy atom. The van der Waals surface area contributed by atoms with E-state index in [2.05, 4.69) is 15.8 Å². The van der Waals surface area contributed by atoms with Crippen molar-refractivity contribution in [1.82, 2.24) is 10.7 Å². The molecule has 162 valence electrons. The van der Waals surface area contributed by atoms with Gasteiger partial charge in [0.1, 0.15) is 11.6 Å². The summed E-state index contributed by atoms with van der Waals surface area (Å²) in [6.07, 6.45) is 1.39. The Labute approximate surface area is 183 Å². The summed E-state index contributed by atoms with van der Waals surface area (Å²) in [6, 6.07) is 18.8. The molecular formula is C24H20FN3O4. The van der Waals surface area contributed by atoms with Gasteiger partial charge in [-0.05, 0) is 61.0 Å². The van der Waals surface area contributed by atoms with Gasteiger partial charge < -0.3 is 10.1 Å². The molecule has 0 radical (unpaired) electrons. The number of halogens is 1. The SMILES string of the molecule is Cc1cccc(C(=O)NCC(=O)N/N=C/c2ccc(OC(=O)c3ccccc3F)cc2)c1. The molecular weight excluding hydrogens is 413 g/mol. The zero-order chi connectivity index (χ0) is 22.9. The van der Waals surface area contributed by atoms with Crippen molar-refractivity contribution >= 4 is 24.0 Å². The molecule has 0 unspecified atom stereocenters. The Bertz CT molecular complexity index is 1160. The lowest BCUT2D eigenvalue weighted by molar-refractivity contribution is -0.120. The third-order valence-electron chi connectivity index (χ3n) is 4.28. The average Bonchev–Trinajstić information content (AvgIpc) is 2.79. The molecule has 0 saturated carbocycles. The summed E-state index contributed by atoms with van der Waals surface area (Å²) in [5, 5.41) is 6.34. The number of ether oxygens (including phenoxy) is 1. The van der Waals surface area contributed by atoms with Crippen LogP contribution in [0.2, 0.25) is 0 Å². The number of hydrogen-bond acceptors (Lipinski definition) is 5. The highest BCUT2D eigenvalue weighted by Crippen LogP contribution is 2.15. The van der Waals surface area contributed by atoms with E-state index in [4.69, 9.17) is 4.74 Å². The molecule has 7 nitrogen and oxygen atoms in total. The van der Waals surface area contributed by atoms with E-state index in [0.717, 1.165) is 5.56 Å². The summed E-state index contributed by atoms with van der Waals surface area (Å²) >= 11 is 0. The molecule has 3 aromatic rings. The maximum atomic E-state index is 13.6. The van der Waals surface area contributed by atoms with Crippen molar-refractivity contribution in [3.63, 3.8) is 0 Å². The summed E-state index contributed by atoms with van der Waals surface area (Å²) in [5.41, 5.74) is 4.19. The molecule has 0 bridgehead atoms. The van der Waals surface area contributed by atoms with Gasteiger partial charge in [0, 0.05) is 5.56 Å². The minimum Gasteiger partial charge on any atom is -0.423 e. The molecule has 8 heteroatoms. The second kappa shape index (κ2) is 10.6. The van der Waals surface area contributed by atoms with Crippen LogP contribution in [0.15, 0.2) is 77.9 Å². The van der Waals surface area contributed by atoms with E-state index in [-0.39, 0.29) is 23.8 Å². The van der Waals surface area contributed by atoms with Crippen LogP contribution in [0, 0.1) is 12.7 Å². The highest BCUT2D eigenvalue weighted by molar-refractivity contribution is 5.96. The third kappa shape index (κ3) is 6.33. The summed E-state index contributed by atoms with van der Waals surface area (Å²) in [7, 11) is 0. The first kappa shape index (κ1) is 22.4. The van der Waals surface area contributed by atoms with E-state index in [1.165, 1.54) is 36.5 Å². The Morgan fingerprint density at radius 3 is 2.47 bits per heavy atom. The van der Waals surface area contributed by atoms with Crippen molar-refractivity contribution in [1.29, 1.82) is 0 Å². The molecule has 2 amide bonds. The van der Waals surface area contributed by atoms with E-state index in [9.17, 15) is 18.8 Å². The number of benzene rings is 3. The molecule has 32 heavy (non-hydrogen) atoms. The Morgan fingerprint density at radius 1 is 1.00 bits per heavy atom. The smallest absolute Gasteiger partial charge is 0.346 e. The number of hydrazone groups is 1. The summed E-state index contributed by atoms with van der Waals surface area (Å²) in [4.78, 5) is 35.9. The molecule has 0 aliphatic rings. The summed E-state index contributed by atoms with van der Waals surface area (Å²) in [5.74, 6) is -2.07. The fraction of sp³-hybridized carbons (Fsp3) is 0.0833. The molecule has 0 aliphatic heterocycles. The fourth-order valence-corrected chi connectivity index (χ4v) is 2.68. The number of hydrogen-bond donors (Lipinski definition) is 2. The van der Waals surface area contributed by atoms with Gasteiger partial charge >= 0.3 is 5.97 Å². The molecule has 0 fully saturated rings. The fourth-order valence-electron chi connectivity index (χ4n) is 2.68. The van der Waals surface area contributed by atoms with Crippen molar-refractivity contribution in [3.8, 4) is 5.75 Å². The van der Waals surface area contributed by atoms with Crippen LogP contribution in [0.4, 0.5) is 4.39 Å². The minimum atomic E-state index is -0.801. The van der Waals surface area contributed by atoms with E-state index < -0.39 is 17.7 Å². The van der Waals surface area contributed by atoms with Crippen LogP contribution < -0.4 is 15.5 Å². The summed E-state index contributed by atoms with van der Waals surface area (Å²) < 4.78 is 18.8. The van der Waals surface area contributed by atoms with Gasteiger partial charge in [-0.15, -0.1) is 0 Å². The Hall–Kier alpha value is -4.33. The Kier molecular flexibility index (Phi) is 7.42. The van der Waals surface area contributed by atoms with Crippen LogP contribution in [0.3, 0.4) is 0 Å². The highest BCUT2D eigenvalue weighted by Gasteiger charge is 2.13. The van der Waals surface area contributed by atoms with Gasteiger partial charge in [0.05, 0.1) is 18.3 Å². The minimum absolute atomic E-state index is 0.157. The van der Waals surface area contributed by atoms with Crippen molar-refractivity contribution in [2.75, 3.05) is 6.54 Å². The normalized spacial score (nSPS) is 10.6. The second-order valence-corrected chi connectivity index (χ2v) is 6.78. The quantitative estimate of drug-likeness (QED) is 0.259. The molecule has 0 aromatic heterocycles. The van der Waals surface area contributed by atoms with E-state index in [0.29, 0.717) is 11.1 Å². The molecule has 0 heterocycles. The van der Waals surface area contributed by atoms with Crippen molar-refractivity contribution in [2.24, 2.45) is 5.10 Å². The maximum Gasteiger partial charge on any atom is 0.346 e. The van der Waals surface area contributed by atoms with Gasteiger partial charge in [-0.25, -0.2) is 14.6 Å². The number of rotatable bonds is 7. The lowest BCUT2D eigenvalue weighted by atomic mass is 10.1. The lowest BCUT2D eigenvalue weighted by Gasteiger charge is -2.06. The zero-order valence-corrected chi connectivity index (χ0v) is 17.2. The average molecular weight is 433 g/mol. The van der Waals surface area contributed by atoms with E-state index in [1.807, 2.05) is 13.0 Å². The number of carbonyl (C=O) groups excluding carboxylic acids is 3. The first-order chi connectivity index (χ1) is 15.4. The van der Waals surface area contributed by atoms with Gasteiger partial charge in [-0.2, -0.15) is 5.10 Å². The first-order valence-electron chi connectivity index (χ1n) is 9.66. The lowest BCUT2D eigenvalue weighted by Crippen LogP contribution is -2.34. The highest BCUT2D eigenvalue weighted by atomic mass is 19.1. The zero-order valence-electron chi connectivity index (χ0n) is 17.2. The largest absolute Gasteiger partial charge is 0.423 e. The standard InChI is InChI=1S/C24H20FN3O4/c1-16-5-4-6-18(13-16)23(30)26-15-22(29)28-27-14-17-9-11-19(12-10-17)32-24(31)20-7-2-3-8-21(20)25/h2-14H,15H2,1H3,(H,26,30)(H,28,29)/b27-14+. The molecule has 2 N–H and O–H groups in total. The van der Waals surface area contributed by atoms with Crippen LogP contribution in [0.1, 0.15) is 31.8 Å². The number of nitrogens with one attached hydrogen (secondary N) is 2. The van der Waals surface area contributed by atoms with Gasteiger partial charge in [-0.1, -0.05) is 29.8 Å². The molecule has 0 saturated heterocycles. The number of nitrogens with zero attached hydrogens (tertiary/aromatic N) is 1. The Balaban J connectivity index is 1.46. The van der Waals surface area contributed by atoms with Crippen LogP contribution in [0.5, 0.6) is 5.75 Å². The van der Waals surface area contributed by atoms with Crippen molar-refractivity contribution in [3.05, 3.63) is 101 Å². The molecule has 3 rings (SSSR count). The van der Waals surface area contributed by atoms with Crippen molar-refractivity contribution < 1.29 is 23.5 Å².